The number of esters is 1. The maximum Gasteiger partial charge on any atom is 0.319 e. The fourth-order valence-electron chi connectivity index (χ4n) is 0.484. The second-order valence-electron chi connectivity index (χ2n) is 1.95. The topological polar surface area (TPSA) is 26.3 Å². The lowest BCUT2D eigenvalue weighted by molar-refractivity contribution is -0.136. The molecule has 0 amide bonds. The molecule has 0 aliphatic rings. The number of carbonyl (C=O) groups excluding carboxylic acids is 1. The van der Waals surface area contributed by atoms with Gasteiger partial charge in [0.25, 0.3) is 0 Å². The van der Waals surface area contributed by atoms with Crippen molar-refractivity contribution in [3.63, 3.8) is 0 Å². The Bertz CT molecular complexity index is 212. The molecule has 58 valence electrons. The fourth-order valence-corrected chi connectivity index (χ4v) is 0.484. The minimum atomic E-state index is -0.311. The van der Waals surface area contributed by atoms with E-state index in [-0.39, 0.29) is 5.97 Å². The first kappa shape index (κ1) is 9.59. The van der Waals surface area contributed by atoms with Crippen LogP contribution in [0, 0.1) is 24.4 Å². The van der Waals surface area contributed by atoms with Crippen molar-refractivity contribution in [2.24, 2.45) is 0 Å². The van der Waals surface area contributed by atoms with E-state index in [0.29, 0.717) is 6.42 Å². The van der Waals surface area contributed by atoms with Gasteiger partial charge in [0.15, 0.2) is 0 Å². The molecule has 0 rings (SSSR count). The van der Waals surface area contributed by atoms with Gasteiger partial charge in [-0.2, -0.15) is 0 Å². The predicted octanol–water partition coefficient (Wildman–Crippen LogP) is 1.31. The Hall–Kier alpha value is -1.41. The van der Waals surface area contributed by atoms with Crippen LogP contribution in [0.2, 0.25) is 0 Å². The Morgan fingerprint density at radius 3 is 2.91 bits per heavy atom. The monoisotopic (exact) mass is 150 g/mol. The molecule has 0 spiro atoms. The molecule has 0 aliphatic heterocycles. The summed E-state index contributed by atoms with van der Waals surface area (Å²) in [5.41, 5.74) is 0. The summed E-state index contributed by atoms with van der Waals surface area (Å²) in [6.45, 7) is 2.00. The molecule has 0 aromatic rings. The molecule has 0 fully saturated rings. The Labute approximate surface area is 66.9 Å². The summed E-state index contributed by atoms with van der Waals surface area (Å²) in [5.74, 6) is 3.92. The quantitative estimate of drug-likeness (QED) is 0.448. The van der Waals surface area contributed by atoms with Gasteiger partial charge in [-0.1, -0.05) is 13.3 Å². The Morgan fingerprint density at radius 2 is 2.36 bits per heavy atom. The molecule has 0 saturated heterocycles. The van der Waals surface area contributed by atoms with Crippen molar-refractivity contribution in [1.29, 1.82) is 0 Å². The SMILES string of the molecule is C#CC#COC(=O)CCCC. The second kappa shape index (κ2) is 6.71. The third-order valence-electron chi connectivity index (χ3n) is 1.02. The lowest BCUT2D eigenvalue weighted by Gasteiger charge is -1.92. The van der Waals surface area contributed by atoms with Crippen LogP contribution in [0.1, 0.15) is 26.2 Å². The highest BCUT2D eigenvalue weighted by Gasteiger charge is 1.97. The third kappa shape index (κ3) is 6.48. The molecule has 0 saturated carbocycles. The molecule has 0 unspecified atom stereocenters. The van der Waals surface area contributed by atoms with Gasteiger partial charge in [-0.3, -0.25) is 4.79 Å². The largest absolute Gasteiger partial charge is 0.371 e. The van der Waals surface area contributed by atoms with Crippen molar-refractivity contribution in [2.75, 3.05) is 0 Å². The van der Waals surface area contributed by atoms with Crippen LogP contribution in [0.3, 0.4) is 0 Å². The molecule has 2 nitrogen and oxygen atoms in total. The summed E-state index contributed by atoms with van der Waals surface area (Å²) >= 11 is 0. The number of unbranched alkanes of at least 4 members (excludes halogenated alkanes) is 1. The summed E-state index contributed by atoms with van der Waals surface area (Å²) in [6, 6.07) is 0. The van der Waals surface area contributed by atoms with Crippen molar-refractivity contribution < 1.29 is 9.53 Å². The summed E-state index contributed by atoms with van der Waals surface area (Å²) in [7, 11) is 0. The van der Waals surface area contributed by atoms with Crippen molar-refractivity contribution in [3.05, 3.63) is 0 Å². The lowest BCUT2D eigenvalue weighted by Crippen LogP contribution is -1.98. The van der Waals surface area contributed by atoms with Crippen LogP contribution in [0.25, 0.3) is 0 Å². The number of hydrogen-bond acceptors (Lipinski definition) is 2. The summed E-state index contributed by atoms with van der Waals surface area (Å²) in [6.07, 6.45) is 9.12. The van der Waals surface area contributed by atoms with E-state index < -0.39 is 0 Å². The van der Waals surface area contributed by atoms with Crippen LogP contribution in [0.15, 0.2) is 0 Å². The summed E-state index contributed by atoms with van der Waals surface area (Å²) < 4.78 is 4.44. The van der Waals surface area contributed by atoms with Gasteiger partial charge in [0.1, 0.15) is 6.11 Å². The predicted molar refractivity (Wildman–Crippen MR) is 42.2 cm³/mol. The van der Waals surface area contributed by atoms with Crippen LogP contribution in [0.5, 0.6) is 0 Å². The van der Waals surface area contributed by atoms with Crippen LogP contribution in [-0.2, 0) is 9.53 Å². The highest BCUT2D eigenvalue weighted by molar-refractivity contribution is 5.70. The fraction of sp³-hybridized carbons (Fsp3) is 0.444. The van der Waals surface area contributed by atoms with Crippen LogP contribution >= 0.6 is 0 Å². The zero-order chi connectivity index (χ0) is 8.53. The van der Waals surface area contributed by atoms with Crippen LogP contribution in [-0.4, -0.2) is 5.97 Å². The molecule has 0 radical (unpaired) electrons. The van der Waals surface area contributed by atoms with Gasteiger partial charge in [-0.25, -0.2) is 0 Å². The maximum atomic E-state index is 10.7. The smallest absolute Gasteiger partial charge is 0.319 e. The average Bonchev–Trinajstić information content (AvgIpc) is 2.01. The first-order valence-electron chi connectivity index (χ1n) is 3.46. The van der Waals surface area contributed by atoms with Gasteiger partial charge < -0.3 is 4.74 Å². The highest BCUT2D eigenvalue weighted by Crippen LogP contribution is 1.94. The maximum absolute atomic E-state index is 10.7. The van der Waals surface area contributed by atoms with Crippen molar-refractivity contribution in [1.82, 2.24) is 0 Å². The molecule has 2 heteroatoms. The molecule has 0 aliphatic carbocycles. The van der Waals surface area contributed by atoms with E-state index in [1.807, 2.05) is 12.8 Å². The van der Waals surface area contributed by atoms with Gasteiger partial charge in [0.2, 0.25) is 0 Å². The van der Waals surface area contributed by atoms with Gasteiger partial charge in [0.05, 0.1) is 0 Å². The van der Waals surface area contributed by atoms with Crippen molar-refractivity contribution in [2.45, 2.75) is 26.2 Å². The molecular weight excluding hydrogens is 140 g/mol. The van der Waals surface area contributed by atoms with Gasteiger partial charge in [-0.05, 0) is 12.3 Å². The van der Waals surface area contributed by atoms with Crippen molar-refractivity contribution in [3.8, 4) is 24.4 Å². The Kier molecular flexibility index (Phi) is 5.85. The molecule has 0 aromatic heterocycles. The number of ether oxygens (including phenoxy) is 1. The van der Waals surface area contributed by atoms with E-state index in [2.05, 4.69) is 16.8 Å². The highest BCUT2D eigenvalue weighted by atomic mass is 16.5. The summed E-state index contributed by atoms with van der Waals surface area (Å²) in [4.78, 5) is 10.7. The number of hydrogen-bond donors (Lipinski definition) is 0. The van der Waals surface area contributed by atoms with E-state index in [4.69, 9.17) is 6.42 Å². The van der Waals surface area contributed by atoms with Gasteiger partial charge >= 0.3 is 5.97 Å². The van der Waals surface area contributed by atoms with E-state index >= 15 is 0 Å². The minimum absolute atomic E-state index is 0.311. The van der Waals surface area contributed by atoms with Gasteiger partial charge in [-0.15, -0.1) is 6.42 Å². The molecule has 0 atom stereocenters. The standard InChI is InChI=1S/C9H10O2/c1-3-5-7-9(10)11-8-6-4-2/h2H,3,5,7H2,1H3. The van der Waals surface area contributed by atoms with Gasteiger partial charge in [0, 0.05) is 12.3 Å². The molecule has 0 heterocycles. The normalized spacial score (nSPS) is 7.27. The van der Waals surface area contributed by atoms with E-state index in [1.54, 1.807) is 0 Å². The van der Waals surface area contributed by atoms with Crippen molar-refractivity contribution >= 4 is 5.97 Å². The zero-order valence-corrected chi connectivity index (χ0v) is 6.52. The first-order valence-corrected chi connectivity index (χ1v) is 3.46. The molecule has 0 aromatic carbocycles. The molecular formula is C9H10O2. The number of terminal acetylenes is 1. The minimum Gasteiger partial charge on any atom is -0.371 e. The van der Waals surface area contributed by atoms with E-state index in [0.717, 1.165) is 12.8 Å². The number of carbonyl (C=O) groups is 1. The zero-order valence-electron chi connectivity index (χ0n) is 6.52. The molecule has 0 N–H and O–H groups in total. The van der Waals surface area contributed by atoms with Crippen LogP contribution in [0.4, 0.5) is 0 Å². The van der Waals surface area contributed by atoms with E-state index in [9.17, 15) is 4.79 Å². The Balaban J connectivity index is 3.47. The third-order valence-corrected chi connectivity index (χ3v) is 1.02. The molecule has 11 heavy (non-hydrogen) atoms. The second-order valence-corrected chi connectivity index (χ2v) is 1.95. The molecule has 0 bridgehead atoms. The first-order chi connectivity index (χ1) is 5.31. The average molecular weight is 150 g/mol. The lowest BCUT2D eigenvalue weighted by atomic mass is 10.3. The van der Waals surface area contributed by atoms with Crippen LogP contribution < -0.4 is 0 Å². The summed E-state index contributed by atoms with van der Waals surface area (Å²) in [5, 5.41) is 0. The number of rotatable bonds is 3. The van der Waals surface area contributed by atoms with E-state index in [1.165, 1.54) is 0 Å². The Morgan fingerprint density at radius 1 is 1.64 bits per heavy atom.